The first-order valence-corrected chi connectivity index (χ1v) is 9.65. The number of nitrogens with two attached hydrogens (primary N) is 1. The van der Waals surface area contributed by atoms with Gasteiger partial charge in [-0.15, -0.1) is 0 Å². The van der Waals surface area contributed by atoms with Gasteiger partial charge in [0, 0.05) is 34.4 Å². The average Bonchev–Trinajstić information content (AvgIpc) is 3.00. The third-order valence-corrected chi connectivity index (χ3v) is 5.31. The van der Waals surface area contributed by atoms with Crippen LogP contribution in [0.25, 0.3) is 10.9 Å². The van der Waals surface area contributed by atoms with E-state index in [1.807, 2.05) is 61.1 Å². The number of halogens is 1. The molecule has 0 saturated heterocycles. The third kappa shape index (κ3) is 4.11. The summed E-state index contributed by atoms with van der Waals surface area (Å²) in [6.45, 7) is 2.90. The van der Waals surface area contributed by atoms with Gasteiger partial charge in [-0.1, -0.05) is 18.2 Å². The summed E-state index contributed by atoms with van der Waals surface area (Å²) in [7, 11) is 1.96. The second-order valence-corrected chi connectivity index (χ2v) is 7.34. The Balaban J connectivity index is 1.80. The van der Waals surface area contributed by atoms with E-state index >= 15 is 0 Å². The topological polar surface area (TPSA) is 66.5 Å². The Bertz CT molecular complexity index is 952. The Morgan fingerprint density at radius 1 is 1.26 bits per heavy atom. The van der Waals surface area contributed by atoms with Gasteiger partial charge >= 0.3 is 0 Å². The number of carbonyl (C=O) groups is 1. The molecule has 142 valence electrons. The molecule has 0 spiro atoms. The quantitative estimate of drug-likeness (QED) is 0.317. The minimum Gasteiger partial charge on any atom is -0.493 e. The number of nitrogen functional groups attached to an aromatic ring is 1. The number of ether oxygens (including phenoxy) is 2. The smallest absolute Gasteiger partial charge is 0.293 e. The molecule has 1 atom stereocenters. The molecular weight excluding hydrogens is 408 g/mol. The van der Waals surface area contributed by atoms with E-state index in [1.54, 1.807) is 0 Å². The summed E-state index contributed by atoms with van der Waals surface area (Å²) in [6.07, 6.45) is 3.33. The first-order chi connectivity index (χ1) is 13.0. The predicted octanol–water partition coefficient (Wildman–Crippen LogP) is 4.77. The van der Waals surface area contributed by atoms with Crippen LogP contribution in [0.3, 0.4) is 0 Å². The Hall–Kier alpha value is -2.47. The van der Waals surface area contributed by atoms with Crippen molar-refractivity contribution in [3.8, 4) is 5.75 Å². The molecule has 0 bridgehead atoms. The van der Waals surface area contributed by atoms with E-state index in [0.29, 0.717) is 13.1 Å². The number of nitrogens with zero attached hydrogens (tertiary/aromatic N) is 1. The Labute approximate surface area is 167 Å². The van der Waals surface area contributed by atoms with Crippen LogP contribution in [0.15, 0.2) is 47.1 Å². The molecule has 0 unspecified atom stereocenters. The predicted molar refractivity (Wildman–Crippen MR) is 111 cm³/mol. The largest absolute Gasteiger partial charge is 0.493 e. The molecule has 0 saturated carbocycles. The van der Waals surface area contributed by atoms with Crippen LogP contribution in [0.1, 0.15) is 30.6 Å². The van der Waals surface area contributed by atoms with Crippen LogP contribution in [-0.2, 0) is 23.0 Å². The summed E-state index contributed by atoms with van der Waals surface area (Å²) in [5, 5.41) is 0.959. The van der Waals surface area contributed by atoms with Gasteiger partial charge in [0.15, 0.2) is 0 Å². The lowest BCUT2D eigenvalue weighted by Crippen LogP contribution is -2.03. The zero-order valence-corrected chi connectivity index (χ0v) is 17.0. The van der Waals surface area contributed by atoms with Crippen molar-refractivity contribution in [1.82, 2.24) is 4.57 Å². The number of para-hydroxylation sites is 1. The van der Waals surface area contributed by atoms with Gasteiger partial charge in [0.2, 0.25) is 0 Å². The Morgan fingerprint density at radius 3 is 2.78 bits per heavy atom. The molecule has 0 amide bonds. The van der Waals surface area contributed by atoms with E-state index in [0.717, 1.165) is 50.8 Å². The number of aryl methyl sites for hydroxylation is 2. The van der Waals surface area contributed by atoms with E-state index in [1.165, 1.54) is 0 Å². The van der Waals surface area contributed by atoms with Crippen molar-refractivity contribution in [2.24, 2.45) is 7.05 Å². The fourth-order valence-electron chi connectivity index (χ4n) is 3.30. The molecule has 3 rings (SSSR count). The van der Waals surface area contributed by atoms with Crippen molar-refractivity contribution in [3.05, 3.63) is 58.2 Å². The lowest BCUT2D eigenvalue weighted by Gasteiger charge is -2.13. The van der Waals surface area contributed by atoms with Crippen molar-refractivity contribution in [2.75, 3.05) is 12.3 Å². The third-order valence-electron chi connectivity index (χ3n) is 4.67. The molecule has 0 radical (unpaired) electrons. The molecule has 0 fully saturated rings. The summed E-state index contributed by atoms with van der Waals surface area (Å²) < 4.78 is 14.2. The van der Waals surface area contributed by atoms with Gasteiger partial charge in [-0.3, -0.25) is 4.79 Å². The summed E-state index contributed by atoms with van der Waals surface area (Å²) in [6, 6.07) is 11.8. The molecule has 27 heavy (non-hydrogen) atoms. The highest BCUT2D eigenvalue weighted by atomic mass is 79.9. The van der Waals surface area contributed by atoms with E-state index in [-0.39, 0.29) is 6.10 Å². The van der Waals surface area contributed by atoms with E-state index in [9.17, 15) is 4.79 Å². The summed E-state index contributed by atoms with van der Waals surface area (Å²) in [4.78, 5) is 10.8. The highest BCUT2D eigenvalue weighted by Gasteiger charge is 2.19. The fraction of sp³-hybridized carbons (Fsp3) is 0.286. The Kier molecular flexibility index (Phi) is 6.06. The summed E-state index contributed by atoms with van der Waals surface area (Å²) >= 11 is 3.60. The van der Waals surface area contributed by atoms with Crippen molar-refractivity contribution in [1.29, 1.82) is 0 Å². The van der Waals surface area contributed by atoms with Gasteiger partial charge in [-0.05, 0) is 59.5 Å². The molecule has 1 aromatic heterocycles. The molecule has 3 aromatic rings. The van der Waals surface area contributed by atoms with Gasteiger partial charge in [-0.25, -0.2) is 0 Å². The number of aromatic nitrogens is 1. The number of carbonyl (C=O) groups excluding carboxylic acids is 1. The maximum atomic E-state index is 10.8. The maximum absolute atomic E-state index is 10.8. The van der Waals surface area contributed by atoms with Crippen LogP contribution in [-0.4, -0.2) is 17.6 Å². The highest BCUT2D eigenvalue weighted by Crippen LogP contribution is 2.38. The number of benzene rings is 2. The van der Waals surface area contributed by atoms with Crippen molar-refractivity contribution in [3.63, 3.8) is 0 Å². The molecule has 5 nitrogen and oxygen atoms in total. The van der Waals surface area contributed by atoms with Crippen molar-refractivity contribution in [2.45, 2.75) is 25.9 Å². The van der Waals surface area contributed by atoms with Gasteiger partial charge in [0.1, 0.15) is 11.9 Å². The normalized spacial score (nSPS) is 12.1. The number of anilines is 1. The number of rotatable bonds is 8. The van der Waals surface area contributed by atoms with Crippen LogP contribution in [0.5, 0.6) is 5.75 Å². The zero-order valence-electron chi connectivity index (χ0n) is 15.4. The van der Waals surface area contributed by atoms with Crippen LogP contribution >= 0.6 is 15.9 Å². The highest BCUT2D eigenvalue weighted by molar-refractivity contribution is 9.10. The van der Waals surface area contributed by atoms with Gasteiger partial charge in [0.05, 0.1) is 12.1 Å². The molecule has 0 aliphatic rings. The number of hydrogen-bond donors (Lipinski definition) is 1. The molecule has 2 aromatic carbocycles. The van der Waals surface area contributed by atoms with E-state index < -0.39 is 0 Å². The molecule has 0 aliphatic carbocycles. The first kappa shape index (κ1) is 19.3. The monoisotopic (exact) mass is 430 g/mol. The van der Waals surface area contributed by atoms with Crippen molar-refractivity contribution >= 4 is 39.0 Å². The Morgan fingerprint density at radius 2 is 2.04 bits per heavy atom. The second-order valence-electron chi connectivity index (χ2n) is 6.49. The van der Waals surface area contributed by atoms with Crippen LogP contribution in [0.2, 0.25) is 0 Å². The number of fused-ring (bicyclic) bond motifs is 1. The van der Waals surface area contributed by atoms with Crippen molar-refractivity contribution < 1.29 is 14.3 Å². The lowest BCUT2D eigenvalue weighted by molar-refractivity contribution is -0.133. The maximum Gasteiger partial charge on any atom is 0.293 e. The van der Waals surface area contributed by atoms with Crippen LogP contribution in [0.4, 0.5) is 5.69 Å². The SMILES string of the molecule is C[C@@H](OC=O)c1cn(C)c2c(Br)ccc(OCCCc3ccccc3N)c12. The first-order valence-electron chi connectivity index (χ1n) is 8.85. The molecule has 0 aliphatic heterocycles. The minimum absolute atomic E-state index is 0.355. The van der Waals surface area contributed by atoms with Crippen LogP contribution < -0.4 is 10.5 Å². The van der Waals surface area contributed by atoms with Gasteiger partial charge < -0.3 is 19.8 Å². The van der Waals surface area contributed by atoms with Gasteiger partial charge in [0.25, 0.3) is 6.47 Å². The fourth-order valence-corrected chi connectivity index (χ4v) is 3.91. The molecule has 6 heteroatoms. The second kappa shape index (κ2) is 8.48. The molecular formula is C21H23BrN2O3. The summed E-state index contributed by atoms with van der Waals surface area (Å²) in [5.74, 6) is 0.784. The number of hydrogen-bond acceptors (Lipinski definition) is 4. The van der Waals surface area contributed by atoms with E-state index in [2.05, 4.69) is 15.9 Å². The minimum atomic E-state index is -0.355. The summed E-state index contributed by atoms with van der Waals surface area (Å²) in [5.41, 5.74) is 9.88. The molecule has 2 N–H and O–H groups in total. The van der Waals surface area contributed by atoms with E-state index in [4.69, 9.17) is 15.2 Å². The lowest BCUT2D eigenvalue weighted by atomic mass is 10.1. The zero-order chi connectivity index (χ0) is 19.4. The molecule has 1 heterocycles. The average molecular weight is 431 g/mol. The van der Waals surface area contributed by atoms with Crippen LogP contribution in [0, 0.1) is 0 Å². The van der Waals surface area contributed by atoms with Gasteiger partial charge in [-0.2, -0.15) is 0 Å². The standard InChI is InChI=1S/C21H23BrN2O3/c1-14(27-13-25)16-12-24(2)21-17(22)9-10-19(20(16)21)26-11-5-7-15-6-3-4-8-18(15)23/h3-4,6,8-10,12-14H,5,7,11,23H2,1-2H3/t14-/m1/s1.